The standard InChI is InChI=1S/C3H8O2.C3H8O/c4-2-1-3-5;1-3(2)4/h4-5H,1-3H2;3-4H,1-2H3. The summed E-state index contributed by atoms with van der Waals surface area (Å²) in [5.41, 5.74) is 0. The van der Waals surface area contributed by atoms with Crippen molar-refractivity contribution in [1.29, 1.82) is 0 Å². The van der Waals surface area contributed by atoms with Crippen LogP contribution in [0.1, 0.15) is 20.3 Å². The van der Waals surface area contributed by atoms with Crippen LogP contribution < -0.4 is 0 Å². The smallest absolute Gasteiger partial charge is 0.0483 e. The molecule has 0 fully saturated rings. The van der Waals surface area contributed by atoms with E-state index in [0.29, 0.717) is 6.42 Å². The van der Waals surface area contributed by atoms with Crippen LogP contribution >= 0.6 is 0 Å². The second-order valence-corrected chi connectivity index (χ2v) is 1.89. The van der Waals surface area contributed by atoms with Crippen molar-refractivity contribution in [3.8, 4) is 0 Å². The van der Waals surface area contributed by atoms with Crippen LogP contribution in [0.25, 0.3) is 0 Å². The number of aliphatic hydroxyl groups is 3. The van der Waals surface area contributed by atoms with Crippen LogP contribution in [0.5, 0.6) is 0 Å². The van der Waals surface area contributed by atoms with Gasteiger partial charge in [-0.15, -0.1) is 0 Å². The molecule has 0 aliphatic heterocycles. The van der Waals surface area contributed by atoms with Gasteiger partial charge in [0, 0.05) is 19.3 Å². The minimum atomic E-state index is -0.167. The summed E-state index contributed by atoms with van der Waals surface area (Å²) < 4.78 is 0. The van der Waals surface area contributed by atoms with E-state index in [4.69, 9.17) is 15.3 Å². The summed E-state index contributed by atoms with van der Waals surface area (Å²) in [4.78, 5) is 0. The zero-order valence-corrected chi connectivity index (χ0v) is 6.04. The lowest BCUT2D eigenvalue weighted by Crippen LogP contribution is -1.85. The highest BCUT2D eigenvalue weighted by Crippen LogP contribution is 1.65. The van der Waals surface area contributed by atoms with Crippen molar-refractivity contribution in [2.24, 2.45) is 0 Å². The molecule has 58 valence electrons. The summed E-state index contributed by atoms with van der Waals surface area (Å²) in [6.07, 6.45) is 0.333. The van der Waals surface area contributed by atoms with Gasteiger partial charge in [-0.05, 0) is 20.3 Å². The van der Waals surface area contributed by atoms with E-state index in [2.05, 4.69) is 0 Å². The van der Waals surface area contributed by atoms with E-state index in [-0.39, 0.29) is 19.3 Å². The third kappa shape index (κ3) is 77.1. The number of aliphatic hydroxyl groups excluding tert-OH is 3. The summed E-state index contributed by atoms with van der Waals surface area (Å²) in [7, 11) is 0. The van der Waals surface area contributed by atoms with Crippen molar-refractivity contribution in [1.82, 2.24) is 0 Å². The van der Waals surface area contributed by atoms with Gasteiger partial charge in [-0.3, -0.25) is 0 Å². The van der Waals surface area contributed by atoms with Gasteiger partial charge in [-0.25, -0.2) is 0 Å². The second kappa shape index (κ2) is 10.8. The van der Waals surface area contributed by atoms with Gasteiger partial charge in [0.25, 0.3) is 0 Å². The Kier molecular flexibility index (Phi) is 14.0. The minimum absolute atomic E-state index is 0.0938. The van der Waals surface area contributed by atoms with E-state index < -0.39 is 0 Å². The SMILES string of the molecule is CC(C)O.OCCCO. The third-order valence-electron chi connectivity index (χ3n) is 0.316. The summed E-state index contributed by atoms with van der Waals surface area (Å²) in [6.45, 7) is 3.63. The first-order valence-corrected chi connectivity index (χ1v) is 3.05. The topological polar surface area (TPSA) is 60.7 Å². The van der Waals surface area contributed by atoms with Gasteiger partial charge >= 0.3 is 0 Å². The van der Waals surface area contributed by atoms with Crippen LogP contribution in [0.4, 0.5) is 0 Å². The van der Waals surface area contributed by atoms with Crippen LogP contribution in [-0.2, 0) is 0 Å². The van der Waals surface area contributed by atoms with Gasteiger partial charge in [0.1, 0.15) is 0 Å². The molecule has 0 rings (SSSR count). The molecule has 0 spiro atoms. The van der Waals surface area contributed by atoms with Gasteiger partial charge in [-0.2, -0.15) is 0 Å². The molecular formula is C6H16O3. The van der Waals surface area contributed by atoms with Crippen molar-refractivity contribution < 1.29 is 15.3 Å². The molecule has 0 unspecified atom stereocenters. The van der Waals surface area contributed by atoms with Gasteiger partial charge in [0.05, 0.1) is 0 Å². The van der Waals surface area contributed by atoms with Crippen molar-refractivity contribution in [3.05, 3.63) is 0 Å². The van der Waals surface area contributed by atoms with E-state index in [1.54, 1.807) is 13.8 Å². The normalized spacial score (nSPS) is 8.67. The van der Waals surface area contributed by atoms with Crippen LogP contribution in [-0.4, -0.2) is 34.6 Å². The molecule has 0 heterocycles. The average Bonchev–Trinajstić information content (AvgIpc) is 1.66. The maximum absolute atomic E-state index is 8.06. The monoisotopic (exact) mass is 136 g/mol. The number of hydrogen-bond donors (Lipinski definition) is 3. The van der Waals surface area contributed by atoms with E-state index in [1.165, 1.54) is 0 Å². The molecule has 0 aliphatic carbocycles. The van der Waals surface area contributed by atoms with Crippen LogP contribution in [0.3, 0.4) is 0 Å². The largest absolute Gasteiger partial charge is 0.396 e. The zero-order chi connectivity index (χ0) is 7.70. The maximum Gasteiger partial charge on any atom is 0.0483 e. The Hall–Kier alpha value is -0.120. The lowest BCUT2D eigenvalue weighted by atomic mass is 10.5. The molecule has 0 saturated carbocycles. The maximum atomic E-state index is 8.06. The van der Waals surface area contributed by atoms with Crippen molar-refractivity contribution in [2.75, 3.05) is 13.2 Å². The highest BCUT2D eigenvalue weighted by Gasteiger charge is 1.70. The highest BCUT2D eigenvalue weighted by atomic mass is 16.3. The predicted octanol–water partition coefficient (Wildman–Crippen LogP) is -0.252. The minimum Gasteiger partial charge on any atom is -0.396 e. The summed E-state index contributed by atoms with van der Waals surface area (Å²) >= 11 is 0. The van der Waals surface area contributed by atoms with Crippen LogP contribution in [0.2, 0.25) is 0 Å². The molecule has 0 aromatic rings. The Morgan fingerprint density at radius 3 is 1.33 bits per heavy atom. The van der Waals surface area contributed by atoms with Crippen molar-refractivity contribution in [3.63, 3.8) is 0 Å². The molecule has 3 nitrogen and oxygen atoms in total. The number of rotatable bonds is 2. The molecule has 0 atom stereocenters. The van der Waals surface area contributed by atoms with E-state index in [0.717, 1.165) is 0 Å². The summed E-state index contributed by atoms with van der Waals surface area (Å²) in [6, 6.07) is 0. The Morgan fingerprint density at radius 1 is 1.11 bits per heavy atom. The van der Waals surface area contributed by atoms with Crippen molar-refractivity contribution in [2.45, 2.75) is 26.4 Å². The van der Waals surface area contributed by atoms with Crippen LogP contribution in [0.15, 0.2) is 0 Å². The third-order valence-corrected chi connectivity index (χ3v) is 0.316. The van der Waals surface area contributed by atoms with Crippen molar-refractivity contribution >= 4 is 0 Å². The summed E-state index contributed by atoms with van der Waals surface area (Å²) in [5, 5.41) is 23.9. The Labute approximate surface area is 56.0 Å². The van der Waals surface area contributed by atoms with E-state index in [1.807, 2.05) is 0 Å². The Bertz CT molecular complexity index is 32.5. The fraction of sp³-hybridized carbons (Fsp3) is 1.00. The van der Waals surface area contributed by atoms with Crippen LogP contribution in [0, 0.1) is 0 Å². The Balaban J connectivity index is 0. The molecule has 0 aliphatic rings. The van der Waals surface area contributed by atoms with Gasteiger partial charge in [0.2, 0.25) is 0 Å². The number of hydrogen-bond acceptors (Lipinski definition) is 3. The molecule has 0 aromatic carbocycles. The molecule has 0 saturated heterocycles. The molecule has 0 aromatic heterocycles. The first kappa shape index (κ1) is 11.6. The van der Waals surface area contributed by atoms with Gasteiger partial charge in [0.15, 0.2) is 0 Å². The molecule has 3 heteroatoms. The fourth-order valence-electron chi connectivity index (χ4n) is 0.0707. The quantitative estimate of drug-likeness (QED) is 0.490. The highest BCUT2D eigenvalue weighted by molar-refractivity contribution is 4.22. The Morgan fingerprint density at radius 2 is 1.33 bits per heavy atom. The van der Waals surface area contributed by atoms with E-state index in [9.17, 15) is 0 Å². The van der Waals surface area contributed by atoms with Gasteiger partial charge < -0.3 is 15.3 Å². The molecule has 0 amide bonds. The first-order chi connectivity index (χ1) is 4.15. The van der Waals surface area contributed by atoms with Gasteiger partial charge in [-0.1, -0.05) is 0 Å². The molecule has 0 bridgehead atoms. The predicted molar refractivity (Wildman–Crippen MR) is 36.1 cm³/mol. The first-order valence-electron chi connectivity index (χ1n) is 3.05. The molecule has 3 N–H and O–H groups in total. The summed E-state index contributed by atoms with van der Waals surface area (Å²) in [5.74, 6) is 0. The second-order valence-electron chi connectivity index (χ2n) is 1.89. The van der Waals surface area contributed by atoms with E-state index >= 15 is 0 Å². The molecule has 9 heavy (non-hydrogen) atoms. The molecule has 0 radical (unpaired) electrons. The lowest BCUT2D eigenvalue weighted by Gasteiger charge is -1.80. The fourth-order valence-corrected chi connectivity index (χ4v) is 0.0707. The lowest BCUT2D eigenvalue weighted by molar-refractivity contribution is 0.216. The average molecular weight is 136 g/mol. The molecular weight excluding hydrogens is 120 g/mol. The zero-order valence-electron chi connectivity index (χ0n) is 6.04.